The molecule has 5 nitrogen and oxygen atoms in total. The minimum Gasteiger partial charge on any atom is -0.480 e. The Balaban J connectivity index is 2.13. The number of hydrogen-bond donors (Lipinski definition) is 2. The van der Waals surface area contributed by atoms with Gasteiger partial charge in [0.2, 0.25) is 0 Å². The second-order valence-electron chi connectivity index (χ2n) is 4.36. The van der Waals surface area contributed by atoms with Crippen LogP contribution in [0.25, 0.3) is 0 Å². The van der Waals surface area contributed by atoms with Crippen LogP contribution in [0.3, 0.4) is 0 Å². The fraction of sp³-hybridized carbons (Fsp3) is 0.333. The molecule has 20 heavy (non-hydrogen) atoms. The topological polar surface area (TPSA) is 69.6 Å². The van der Waals surface area contributed by atoms with Crippen molar-refractivity contribution in [2.45, 2.75) is 18.8 Å². The number of nitrogens with zero attached hydrogens (tertiary/aromatic N) is 1. The van der Waals surface area contributed by atoms with Crippen LogP contribution in [0.1, 0.15) is 11.1 Å². The summed E-state index contributed by atoms with van der Waals surface area (Å²) in [5, 5.41) is 11.3. The zero-order chi connectivity index (χ0) is 14.9. The Morgan fingerprint density at radius 2 is 1.95 bits per heavy atom. The van der Waals surface area contributed by atoms with Crippen molar-refractivity contribution in [1.82, 2.24) is 10.2 Å². The van der Waals surface area contributed by atoms with Crippen molar-refractivity contribution < 1.29 is 27.9 Å². The summed E-state index contributed by atoms with van der Waals surface area (Å²) < 4.78 is 37.2. The van der Waals surface area contributed by atoms with Gasteiger partial charge in [0.15, 0.2) is 0 Å². The van der Waals surface area contributed by atoms with Gasteiger partial charge >= 0.3 is 18.2 Å². The predicted molar refractivity (Wildman–Crippen MR) is 61.8 cm³/mol. The van der Waals surface area contributed by atoms with Gasteiger partial charge in [-0.15, -0.1) is 0 Å². The minimum absolute atomic E-state index is 0.0190. The third kappa shape index (κ3) is 2.84. The van der Waals surface area contributed by atoms with Crippen molar-refractivity contribution in [2.24, 2.45) is 0 Å². The van der Waals surface area contributed by atoms with E-state index in [0.717, 1.165) is 17.0 Å². The number of benzene rings is 1. The smallest absolute Gasteiger partial charge is 0.416 e. The molecule has 2 rings (SSSR count). The van der Waals surface area contributed by atoms with Crippen LogP contribution < -0.4 is 5.32 Å². The number of hydrogen-bond acceptors (Lipinski definition) is 2. The molecule has 0 radical (unpaired) electrons. The summed E-state index contributed by atoms with van der Waals surface area (Å²) in [5.41, 5.74) is -0.358. The Labute approximate surface area is 112 Å². The highest BCUT2D eigenvalue weighted by atomic mass is 19.4. The van der Waals surface area contributed by atoms with Crippen LogP contribution in [0.5, 0.6) is 0 Å². The molecule has 0 aliphatic carbocycles. The summed E-state index contributed by atoms with van der Waals surface area (Å²) in [5.74, 6) is -1.16. The SMILES string of the molecule is O=C(O)[C@H]1CNC(=O)N1Cc1ccc(C(F)(F)F)cc1. The molecule has 2 amide bonds. The van der Waals surface area contributed by atoms with Crippen molar-refractivity contribution in [1.29, 1.82) is 0 Å². The highest BCUT2D eigenvalue weighted by molar-refractivity contribution is 5.86. The van der Waals surface area contributed by atoms with Crippen molar-refractivity contribution in [2.75, 3.05) is 6.54 Å². The average molecular weight is 288 g/mol. The Bertz CT molecular complexity index is 528. The first-order valence-corrected chi connectivity index (χ1v) is 5.72. The van der Waals surface area contributed by atoms with Gasteiger partial charge in [0.05, 0.1) is 12.1 Å². The molecule has 1 aromatic rings. The van der Waals surface area contributed by atoms with Gasteiger partial charge in [0, 0.05) is 6.54 Å². The largest absolute Gasteiger partial charge is 0.480 e. The fourth-order valence-electron chi connectivity index (χ4n) is 1.94. The molecule has 1 aromatic carbocycles. The van der Waals surface area contributed by atoms with Crippen LogP contribution in [-0.4, -0.2) is 34.6 Å². The summed E-state index contributed by atoms with van der Waals surface area (Å²) in [7, 11) is 0. The number of amides is 2. The van der Waals surface area contributed by atoms with Crippen LogP contribution in [0.4, 0.5) is 18.0 Å². The lowest BCUT2D eigenvalue weighted by atomic mass is 10.1. The summed E-state index contributed by atoms with van der Waals surface area (Å²) in [4.78, 5) is 23.5. The van der Waals surface area contributed by atoms with E-state index >= 15 is 0 Å². The number of carboxylic acids is 1. The van der Waals surface area contributed by atoms with Gasteiger partial charge in [0.1, 0.15) is 6.04 Å². The van der Waals surface area contributed by atoms with Gasteiger partial charge in [0.25, 0.3) is 0 Å². The molecular weight excluding hydrogens is 277 g/mol. The van der Waals surface area contributed by atoms with Crippen LogP contribution >= 0.6 is 0 Å². The number of carbonyl (C=O) groups excluding carboxylic acids is 1. The zero-order valence-electron chi connectivity index (χ0n) is 10.1. The first kappa shape index (κ1) is 14.2. The third-order valence-electron chi connectivity index (χ3n) is 3.00. The van der Waals surface area contributed by atoms with Crippen molar-refractivity contribution >= 4 is 12.0 Å². The van der Waals surface area contributed by atoms with E-state index < -0.39 is 29.8 Å². The molecule has 0 aromatic heterocycles. The first-order chi connectivity index (χ1) is 9.29. The Hall–Kier alpha value is -2.25. The second-order valence-corrected chi connectivity index (χ2v) is 4.36. The number of carbonyl (C=O) groups is 2. The summed E-state index contributed by atoms with van der Waals surface area (Å²) in [6.07, 6.45) is -4.42. The predicted octanol–water partition coefficient (Wildman–Crippen LogP) is 1.68. The minimum atomic E-state index is -4.42. The van der Waals surface area contributed by atoms with Gasteiger partial charge < -0.3 is 15.3 Å². The van der Waals surface area contributed by atoms with Gasteiger partial charge in [-0.3, -0.25) is 0 Å². The van der Waals surface area contributed by atoms with E-state index in [2.05, 4.69) is 5.32 Å². The summed E-state index contributed by atoms with van der Waals surface area (Å²) in [6, 6.07) is 2.71. The molecule has 1 aliphatic heterocycles. The molecule has 1 atom stereocenters. The van der Waals surface area contributed by atoms with Crippen LogP contribution in [-0.2, 0) is 17.5 Å². The normalized spacial score (nSPS) is 19.1. The van der Waals surface area contributed by atoms with E-state index in [4.69, 9.17) is 5.11 Å². The number of nitrogens with one attached hydrogen (secondary N) is 1. The Morgan fingerprint density at radius 1 is 1.35 bits per heavy atom. The lowest BCUT2D eigenvalue weighted by molar-refractivity contribution is -0.141. The molecule has 1 heterocycles. The molecule has 1 aliphatic rings. The monoisotopic (exact) mass is 288 g/mol. The highest BCUT2D eigenvalue weighted by Gasteiger charge is 2.36. The molecule has 8 heteroatoms. The van der Waals surface area contributed by atoms with E-state index in [9.17, 15) is 22.8 Å². The highest BCUT2D eigenvalue weighted by Crippen LogP contribution is 2.29. The average Bonchev–Trinajstić information content (AvgIpc) is 2.71. The van der Waals surface area contributed by atoms with Crippen molar-refractivity contribution in [3.8, 4) is 0 Å². The maximum absolute atomic E-state index is 12.4. The molecule has 1 saturated heterocycles. The van der Waals surface area contributed by atoms with Gasteiger partial charge in [-0.1, -0.05) is 12.1 Å². The maximum Gasteiger partial charge on any atom is 0.416 e. The van der Waals surface area contributed by atoms with Gasteiger partial charge in [-0.05, 0) is 17.7 Å². The molecule has 0 saturated carbocycles. The molecule has 2 N–H and O–H groups in total. The van der Waals surface area contributed by atoms with Gasteiger partial charge in [-0.2, -0.15) is 13.2 Å². The third-order valence-corrected chi connectivity index (χ3v) is 3.00. The van der Waals surface area contributed by atoms with E-state index in [1.54, 1.807) is 0 Å². The van der Waals surface area contributed by atoms with E-state index in [1.807, 2.05) is 0 Å². The molecule has 0 spiro atoms. The van der Waals surface area contributed by atoms with E-state index in [0.29, 0.717) is 5.56 Å². The summed E-state index contributed by atoms with van der Waals surface area (Å²) >= 11 is 0. The number of urea groups is 1. The lowest BCUT2D eigenvalue weighted by Gasteiger charge is -2.20. The standard InChI is InChI=1S/C12H11F3N2O3/c13-12(14,15)8-3-1-7(2-4-8)6-17-9(10(18)19)5-16-11(17)20/h1-4,9H,5-6H2,(H,16,20)(H,18,19)/t9-/m1/s1. The van der Waals surface area contributed by atoms with Crippen molar-refractivity contribution in [3.05, 3.63) is 35.4 Å². The van der Waals surface area contributed by atoms with Crippen LogP contribution in [0.2, 0.25) is 0 Å². The van der Waals surface area contributed by atoms with E-state index in [-0.39, 0.29) is 13.1 Å². The molecule has 1 fully saturated rings. The Kier molecular flexibility index (Phi) is 3.56. The zero-order valence-corrected chi connectivity index (χ0v) is 10.1. The number of aliphatic carboxylic acids is 1. The molecule has 0 bridgehead atoms. The number of carboxylic acid groups (broad SMARTS) is 1. The Morgan fingerprint density at radius 3 is 2.45 bits per heavy atom. The van der Waals surface area contributed by atoms with Gasteiger partial charge in [-0.25, -0.2) is 9.59 Å². The summed E-state index contributed by atoms with van der Waals surface area (Å²) in [6.45, 7) is -0.0737. The number of rotatable bonds is 3. The van der Waals surface area contributed by atoms with Crippen molar-refractivity contribution in [3.63, 3.8) is 0 Å². The van der Waals surface area contributed by atoms with Crippen LogP contribution in [0.15, 0.2) is 24.3 Å². The lowest BCUT2D eigenvalue weighted by Crippen LogP contribution is -2.38. The van der Waals surface area contributed by atoms with E-state index in [1.165, 1.54) is 12.1 Å². The first-order valence-electron chi connectivity index (χ1n) is 5.72. The molecule has 108 valence electrons. The number of halogens is 3. The van der Waals surface area contributed by atoms with Crippen LogP contribution in [0, 0.1) is 0 Å². The molecular formula is C12H11F3N2O3. The number of alkyl halides is 3. The maximum atomic E-state index is 12.4. The fourth-order valence-corrected chi connectivity index (χ4v) is 1.94. The quantitative estimate of drug-likeness (QED) is 0.889. The molecule has 0 unspecified atom stereocenters. The second kappa shape index (κ2) is 5.03.